The molecule has 3 unspecified atom stereocenters. The highest BCUT2D eigenvalue weighted by molar-refractivity contribution is 5.87. The van der Waals surface area contributed by atoms with Gasteiger partial charge in [-0.2, -0.15) is 0 Å². The molecule has 1 N–H and O–H groups in total. The second kappa shape index (κ2) is 4.90. The van der Waals surface area contributed by atoms with Crippen LogP contribution in [-0.4, -0.2) is 48.2 Å². The molecule has 1 amide bonds. The predicted octanol–water partition coefficient (Wildman–Crippen LogP) is 0.884. The molecule has 0 aromatic heterocycles. The first-order chi connectivity index (χ1) is 9.59. The number of carboxylic acid groups (broad SMARTS) is 1. The van der Waals surface area contributed by atoms with E-state index in [0.29, 0.717) is 6.61 Å². The Hall–Kier alpha value is -1.88. The smallest absolute Gasteiger partial charge is 0.311 e. The molecule has 0 saturated carbocycles. The van der Waals surface area contributed by atoms with Gasteiger partial charge in [0.15, 0.2) is 0 Å². The van der Waals surface area contributed by atoms with E-state index in [4.69, 9.17) is 9.84 Å². The third-order valence-corrected chi connectivity index (χ3v) is 4.37. The number of fused-ring (bicyclic) bond motifs is 1. The Morgan fingerprint density at radius 1 is 1.30 bits per heavy atom. The average Bonchev–Trinajstić information content (AvgIpc) is 2.88. The highest BCUT2D eigenvalue weighted by Gasteiger charge is 2.42. The largest absolute Gasteiger partial charge is 0.481 e. The second-order valence-electron chi connectivity index (χ2n) is 5.45. The SMILES string of the molecule is CN(C(=O)C1Cc2ccccc21)C1COCC1C(=O)O. The molecule has 1 heterocycles. The molecule has 2 aliphatic rings. The van der Waals surface area contributed by atoms with Crippen LogP contribution in [0, 0.1) is 5.92 Å². The molecular weight excluding hydrogens is 258 g/mol. The molecule has 5 heteroatoms. The highest BCUT2D eigenvalue weighted by Crippen LogP contribution is 2.37. The van der Waals surface area contributed by atoms with E-state index in [1.807, 2.05) is 24.3 Å². The lowest BCUT2D eigenvalue weighted by Crippen LogP contribution is -2.47. The number of amides is 1. The van der Waals surface area contributed by atoms with Gasteiger partial charge >= 0.3 is 5.97 Å². The summed E-state index contributed by atoms with van der Waals surface area (Å²) in [6.07, 6.45) is 0.741. The average molecular weight is 275 g/mol. The number of hydrogen-bond acceptors (Lipinski definition) is 3. The number of carboxylic acids is 1. The topological polar surface area (TPSA) is 66.8 Å². The summed E-state index contributed by atoms with van der Waals surface area (Å²) in [7, 11) is 1.68. The minimum atomic E-state index is -0.902. The van der Waals surface area contributed by atoms with Crippen molar-refractivity contribution in [2.24, 2.45) is 5.92 Å². The molecule has 1 fully saturated rings. The first kappa shape index (κ1) is 13.1. The lowest BCUT2D eigenvalue weighted by Gasteiger charge is -2.35. The van der Waals surface area contributed by atoms with Gasteiger partial charge in [0, 0.05) is 7.05 Å². The molecule has 106 valence electrons. The molecule has 3 rings (SSSR count). The minimum absolute atomic E-state index is 0.00884. The Bertz CT molecular complexity index is 557. The maximum absolute atomic E-state index is 12.5. The number of carbonyl (C=O) groups is 2. The van der Waals surface area contributed by atoms with Crippen LogP contribution in [0.2, 0.25) is 0 Å². The summed E-state index contributed by atoms with van der Waals surface area (Å²) in [4.78, 5) is 25.3. The summed E-state index contributed by atoms with van der Waals surface area (Å²) in [5.41, 5.74) is 2.27. The quantitative estimate of drug-likeness (QED) is 0.889. The van der Waals surface area contributed by atoms with Gasteiger partial charge in [-0.25, -0.2) is 0 Å². The fraction of sp³-hybridized carbons (Fsp3) is 0.467. The number of carbonyl (C=O) groups excluding carboxylic acids is 1. The van der Waals surface area contributed by atoms with Gasteiger partial charge in [0.1, 0.15) is 5.92 Å². The second-order valence-corrected chi connectivity index (χ2v) is 5.45. The van der Waals surface area contributed by atoms with Crippen molar-refractivity contribution in [1.29, 1.82) is 0 Å². The van der Waals surface area contributed by atoms with Crippen LogP contribution in [0.5, 0.6) is 0 Å². The van der Waals surface area contributed by atoms with Crippen LogP contribution in [-0.2, 0) is 20.7 Å². The van der Waals surface area contributed by atoms with Crippen LogP contribution in [0.1, 0.15) is 17.0 Å². The van der Waals surface area contributed by atoms with Crippen molar-refractivity contribution in [2.75, 3.05) is 20.3 Å². The first-order valence-electron chi connectivity index (χ1n) is 6.74. The van der Waals surface area contributed by atoms with E-state index in [0.717, 1.165) is 12.0 Å². The fourth-order valence-corrected chi connectivity index (χ4v) is 3.05. The zero-order valence-electron chi connectivity index (χ0n) is 11.3. The summed E-state index contributed by atoms with van der Waals surface area (Å²) in [5, 5.41) is 9.16. The van der Waals surface area contributed by atoms with Crippen LogP contribution < -0.4 is 0 Å². The summed E-state index contributed by atoms with van der Waals surface area (Å²) in [5.74, 6) is -1.67. The van der Waals surface area contributed by atoms with E-state index in [-0.39, 0.29) is 24.5 Å². The lowest BCUT2D eigenvalue weighted by molar-refractivity contribution is -0.144. The molecule has 1 aromatic rings. The van der Waals surface area contributed by atoms with Gasteiger partial charge in [0.2, 0.25) is 5.91 Å². The maximum atomic E-state index is 12.5. The predicted molar refractivity (Wildman–Crippen MR) is 71.4 cm³/mol. The molecular formula is C15H17NO4. The Morgan fingerprint density at radius 2 is 2.05 bits per heavy atom. The van der Waals surface area contributed by atoms with Gasteiger partial charge in [0.05, 0.1) is 25.2 Å². The van der Waals surface area contributed by atoms with Crippen molar-refractivity contribution < 1.29 is 19.4 Å². The zero-order chi connectivity index (χ0) is 14.3. The number of aliphatic carboxylic acids is 1. The summed E-state index contributed by atoms with van der Waals surface area (Å²) in [6, 6.07) is 7.52. The minimum Gasteiger partial charge on any atom is -0.481 e. The third-order valence-electron chi connectivity index (χ3n) is 4.37. The van der Waals surface area contributed by atoms with Gasteiger partial charge in [-0.1, -0.05) is 24.3 Å². The molecule has 3 atom stereocenters. The monoisotopic (exact) mass is 275 g/mol. The Morgan fingerprint density at radius 3 is 2.75 bits per heavy atom. The van der Waals surface area contributed by atoms with Crippen molar-refractivity contribution >= 4 is 11.9 Å². The van der Waals surface area contributed by atoms with Crippen LogP contribution >= 0.6 is 0 Å². The molecule has 1 saturated heterocycles. The van der Waals surface area contributed by atoms with Gasteiger partial charge < -0.3 is 14.7 Å². The van der Waals surface area contributed by atoms with E-state index in [1.54, 1.807) is 11.9 Å². The number of ether oxygens (including phenoxy) is 1. The molecule has 1 aliphatic carbocycles. The van der Waals surface area contributed by atoms with Crippen LogP contribution in [0.3, 0.4) is 0 Å². The molecule has 0 radical (unpaired) electrons. The van der Waals surface area contributed by atoms with Gasteiger partial charge in [-0.15, -0.1) is 0 Å². The lowest BCUT2D eigenvalue weighted by atomic mass is 9.76. The molecule has 1 aliphatic heterocycles. The molecule has 0 spiro atoms. The zero-order valence-corrected chi connectivity index (χ0v) is 11.3. The standard InChI is InChI=1S/C15H17NO4/c1-16(13-8-20-7-12(13)15(18)19)14(17)11-6-9-4-2-3-5-10(9)11/h2-5,11-13H,6-8H2,1H3,(H,18,19). The van der Waals surface area contributed by atoms with Crippen LogP contribution in [0.4, 0.5) is 0 Å². The van der Waals surface area contributed by atoms with Crippen molar-refractivity contribution in [3.8, 4) is 0 Å². The van der Waals surface area contributed by atoms with E-state index in [2.05, 4.69) is 0 Å². The van der Waals surface area contributed by atoms with E-state index in [1.165, 1.54) is 5.56 Å². The normalized spacial score (nSPS) is 27.6. The number of likely N-dealkylation sites (N-methyl/N-ethyl adjacent to an activating group) is 1. The van der Waals surface area contributed by atoms with Crippen LogP contribution in [0.15, 0.2) is 24.3 Å². The third kappa shape index (κ3) is 1.98. The molecule has 5 nitrogen and oxygen atoms in total. The Labute approximate surface area is 117 Å². The number of rotatable bonds is 3. The van der Waals surface area contributed by atoms with Crippen LogP contribution in [0.25, 0.3) is 0 Å². The van der Waals surface area contributed by atoms with E-state index in [9.17, 15) is 9.59 Å². The highest BCUT2D eigenvalue weighted by atomic mass is 16.5. The summed E-state index contributed by atoms with van der Waals surface area (Å²) >= 11 is 0. The molecule has 20 heavy (non-hydrogen) atoms. The number of hydrogen-bond donors (Lipinski definition) is 1. The van der Waals surface area contributed by atoms with Crippen molar-refractivity contribution in [2.45, 2.75) is 18.4 Å². The number of nitrogens with zero attached hydrogens (tertiary/aromatic N) is 1. The summed E-state index contributed by atoms with van der Waals surface area (Å²) in [6.45, 7) is 0.479. The van der Waals surface area contributed by atoms with Gasteiger partial charge in [0.25, 0.3) is 0 Å². The molecule has 1 aromatic carbocycles. The summed E-state index contributed by atoms with van der Waals surface area (Å²) < 4.78 is 5.23. The van der Waals surface area contributed by atoms with Crippen molar-refractivity contribution in [1.82, 2.24) is 4.90 Å². The fourth-order valence-electron chi connectivity index (χ4n) is 3.05. The van der Waals surface area contributed by atoms with Crippen molar-refractivity contribution in [3.63, 3.8) is 0 Å². The Kier molecular flexibility index (Phi) is 3.22. The maximum Gasteiger partial charge on any atom is 0.311 e. The first-order valence-corrected chi connectivity index (χ1v) is 6.74. The molecule has 0 bridgehead atoms. The van der Waals surface area contributed by atoms with Gasteiger partial charge in [-0.3, -0.25) is 9.59 Å². The van der Waals surface area contributed by atoms with E-state index >= 15 is 0 Å². The van der Waals surface area contributed by atoms with E-state index < -0.39 is 11.9 Å². The van der Waals surface area contributed by atoms with Crippen molar-refractivity contribution in [3.05, 3.63) is 35.4 Å². The number of benzene rings is 1. The Balaban J connectivity index is 1.74. The van der Waals surface area contributed by atoms with Gasteiger partial charge in [-0.05, 0) is 17.5 Å².